The van der Waals surface area contributed by atoms with Gasteiger partial charge in [0.05, 0.1) is 7.11 Å². The third kappa shape index (κ3) is 2.13. The Labute approximate surface area is 107 Å². The van der Waals surface area contributed by atoms with Gasteiger partial charge in [-0.1, -0.05) is 18.9 Å². The predicted molar refractivity (Wildman–Crippen MR) is 74.2 cm³/mol. The summed E-state index contributed by atoms with van der Waals surface area (Å²) in [6.07, 6.45) is 7.03. The van der Waals surface area contributed by atoms with Crippen molar-refractivity contribution in [3.8, 4) is 5.88 Å². The number of fused-ring (bicyclic) bond motifs is 1. The van der Waals surface area contributed by atoms with Gasteiger partial charge in [-0.15, -0.1) is 0 Å². The molecule has 3 nitrogen and oxygen atoms in total. The molecule has 0 atom stereocenters. The summed E-state index contributed by atoms with van der Waals surface area (Å²) in [5.41, 5.74) is 1.17. The molecule has 1 aromatic heterocycles. The second-order valence-corrected chi connectivity index (χ2v) is 4.88. The zero-order valence-electron chi connectivity index (χ0n) is 10.6. The fourth-order valence-electron chi connectivity index (χ4n) is 2.70. The SMILES string of the molecule is COc1nccc2ccc(NC3CCCC3)cc12. The number of aromatic nitrogens is 1. The minimum Gasteiger partial charge on any atom is -0.481 e. The molecule has 1 fully saturated rings. The third-order valence-corrected chi connectivity index (χ3v) is 3.65. The topological polar surface area (TPSA) is 34.1 Å². The number of rotatable bonds is 3. The Bertz CT molecular complexity index is 547. The van der Waals surface area contributed by atoms with Crippen molar-refractivity contribution < 1.29 is 4.74 Å². The highest BCUT2D eigenvalue weighted by atomic mass is 16.5. The second-order valence-electron chi connectivity index (χ2n) is 4.88. The summed E-state index contributed by atoms with van der Waals surface area (Å²) < 4.78 is 5.31. The van der Waals surface area contributed by atoms with Crippen LogP contribution in [0.2, 0.25) is 0 Å². The molecule has 3 heteroatoms. The van der Waals surface area contributed by atoms with Crippen LogP contribution in [0.5, 0.6) is 5.88 Å². The number of nitrogens with zero attached hydrogens (tertiary/aromatic N) is 1. The Hall–Kier alpha value is -1.77. The minimum atomic E-state index is 0.630. The Kier molecular flexibility index (Phi) is 3.05. The van der Waals surface area contributed by atoms with Crippen molar-refractivity contribution in [1.29, 1.82) is 0 Å². The summed E-state index contributed by atoms with van der Waals surface area (Å²) in [4.78, 5) is 4.25. The van der Waals surface area contributed by atoms with E-state index in [9.17, 15) is 0 Å². The summed E-state index contributed by atoms with van der Waals surface area (Å²) >= 11 is 0. The highest BCUT2D eigenvalue weighted by Gasteiger charge is 2.14. The molecule has 0 radical (unpaired) electrons. The van der Waals surface area contributed by atoms with E-state index in [1.807, 2.05) is 6.07 Å². The van der Waals surface area contributed by atoms with E-state index in [2.05, 4.69) is 28.5 Å². The van der Waals surface area contributed by atoms with Crippen LogP contribution in [0, 0.1) is 0 Å². The van der Waals surface area contributed by atoms with Crippen molar-refractivity contribution in [2.75, 3.05) is 12.4 Å². The number of methoxy groups -OCH3 is 1. The van der Waals surface area contributed by atoms with Gasteiger partial charge in [0.2, 0.25) is 5.88 Å². The summed E-state index contributed by atoms with van der Waals surface area (Å²) in [6.45, 7) is 0. The Morgan fingerprint density at radius 2 is 2.06 bits per heavy atom. The van der Waals surface area contributed by atoms with Crippen LogP contribution in [0.4, 0.5) is 5.69 Å². The molecule has 1 aliphatic rings. The maximum atomic E-state index is 5.31. The first-order chi connectivity index (χ1) is 8.86. The number of hydrogen-bond acceptors (Lipinski definition) is 3. The molecule has 0 aliphatic heterocycles. The molecule has 0 saturated heterocycles. The lowest BCUT2D eigenvalue weighted by atomic mass is 10.1. The highest BCUT2D eigenvalue weighted by molar-refractivity contribution is 5.89. The van der Waals surface area contributed by atoms with Crippen molar-refractivity contribution in [2.45, 2.75) is 31.7 Å². The molecule has 3 rings (SSSR count). The van der Waals surface area contributed by atoms with Gasteiger partial charge in [-0.05, 0) is 36.4 Å². The maximum Gasteiger partial charge on any atom is 0.221 e. The molecule has 1 saturated carbocycles. The van der Waals surface area contributed by atoms with E-state index in [-0.39, 0.29) is 0 Å². The van der Waals surface area contributed by atoms with Crippen LogP contribution in [0.3, 0.4) is 0 Å². The highest BCUT2D eigenvalue weighted by Crippen LogP contribution is 2.28. The van der Waals surface area contributed by atoms with Crippen LogP contribution >= 0.6 is 0 Å². The van der Waals surface area contributed by atoms with Crippen molar-refractivity contribution >= 4 is 16.5 Å². The fraction of sp³-hybridized carbons (Fsp3) is 0.400. The molecule has 1 aromatic carbocycles. The third-order valence-electron chi connectivity index (χ3n) is 3.65. The number of benzene rings is 1. The molecule has 0 spiro atoms. The molecule has 1 N–H and O–H groups in total. The maximum absolute atomic E-state index is 5.31. The van der Waals surface area contributed by atoms with Crippen LogP contribution in [0.15, 0.2) is 30.5 Å². The Balaban J connectivity index is 1.93. The van der Waals surface area contributed by atoms with Gasteiger partial charge in [-0.3, -0.25) is 0 Å². The van der Waals surface area contributed by atoms with E-state index in [4.69, 9.17) is 4.74 Å². The molecule has 0 unspecified atom stereocenters. The van der Waals surface area contributed by atoms with Gasteiger partial charge < -0.3 is 10.1 Å². The molecular weight excluding hydrogens is 224 g/mol. The number of pyridine rings is 1. The van der Waals surface area contributed by atoms with Gasteiger partial charge in [-0.2, -0.15) is 0 Å². The van der Waals surface area contributed by atoms with Crippen molar-refractivity contribution in [3.63, 3.8) is 0 Å². The van der Waals surface area contributed by atoms with Gasteiger partial charge in [0.25, 0.3) is 0 Å². The summed E-state index contributed by atoms with van der Waals surface area (Å²) in [5, 5.41) is 5.84. The lowest BCUT2D eigenvalue weighted by Gasteiger charge is -2.14. The Morgan fingerprint density at radius 3 is 2.83 bits per heavy atom. The summed E-state index contributed by atoms with van der Waals surface area (Å²) in [7, 11) is 1.67. The fourth-order valence-corrected chi connectivity index (χ4v) is 2.70. The zero-order chi connectivity index (χ0) is 12.4. The molecule has 2 aromatic rings. The normalized spacial score (nSPS) is 16.1. The van der Waals surface area contributed by atoms with E-state index in [1.54, 1.807) is 13.3 Å². The average molecular weight is 242 g/mol. The van der Waals surface area contributed by atoms with Gasteiger partial charge in [0.1, 0.15) is 0 Å². The predicted octanol–water partition coefficient (Wildman–Crippen LogP) is 3.60. The molecule has 94 valence electrons. The molecule has 1 aliphatic carbocycles. The smallest absolute Gasteiger partial charge is 0.221 e. The van der Waals surface area contributed by atoms with E-state index in [0.29, 0.717) is 11.9 Å². The quantitative estimate of drug-likeness (QED) is 0.893. The van der Waals surface area contributed by atoms with E-state index in [0.717, 1.165) is 5.39 Å². The largest absolute Gasteiger partial charge is 0.481 e. The second kappa shape index (κ2) is 4.84. The average Bonchev–Trinajstić information content (AvgIpc) is 2.91. The first-order valence-corrected chi connectivity index (χ1v) is 6.56. The number of ether oxygens (including phenoxy) is 1. The van der Waals surface area contributed by atoms with Crippen LogP contribution in [-0.2, 0) is 0 Å². The Morgan fingerprint density at radius 1 is 1.22 bits per heavy atom. The van der Waals surface area contributed by atoms with Crippen LogP contribution < -0.4 is 10.1 Å². The first-order valence-electron chi connectivity index (χ1n) is 6.56. The molecular formula is C15H18N2O. The molecule has 0 amide bonds. The summed E-state index contributed by atoms with van der Waals surface area (Å²) in [6, 6.07) is 9.04. The zero-order valence-corrected chi connectivity index (χ0v) is 10.6. The lowest BCUT2D eigenvalue weighted by molar-refractivity contribution is 0.403. The van der Waals surface area contributed by atoms with Crippen LogP contribution in [-0.4, -0.2) is 18.1 Å². The molecule has 18 heavy (non-hydrogen) atoms. The van der Waals surface area contributed by atoms with E-state index >= 15 is 0 Å². The van der Waals surface area contributed by atoms with Gasteiger partial charge >= 0.3 is 0 Å². The van der Waals surface area contributed by atoms with Crippen molar-refractivity contribution in [2.24, 2.45) is 0 Å². The standard InChI is InChI=1S/C15H18N2O/c1-18-15-14-10-13(17-12-4-2-3-5-12)7-6-11(14)8-9-16-15/h6-10,12,17H,2-5H2,1H3. The minimum absolute atomic E-state index is 0.630. The van der Waals surface area contributed by atoms with E-state index < -0.39 is 0 Å². The molecule has 1 heterocycles. The molecule has 0 bridgehead atoms. The monoisotopic (exact) mass is 242 g/mol. The number of nitrogens with one attached hydrogen (secondary N) is 1. The van der Waals surface area contributed by atoms with Crippen molar-refractivity contribution in [3.05, 3.63) is 30.5 Å². The number of anilines is 1. The lowest BCUT2D eigenvalue weighted by Crippen LogP contribution is -2.14. The van der Waals surface area contributed by atoms with Gasteiger partial charge in [0.15, 0.2) is 0 Å². The van der Waals surface area contributed by atoms with E-state index in [1.165, 1.54) is 36.8 Å². The van der Waals surface area contributed by atoms with Crippen molar-refractivity contribution in [1.82, 2.24) is 4.98 Å². The first kappa shape index (κ1) is 11.3. The number of hydrogen-bond donors (Lipinski definition) is 1. The van der Waals surface area contributed by atoms with Gasteiger partial charge in [-0.25, -0.2) is 4.98 Å². The summed E-state index contributed by atoms with van der Waals surface area (Å²) in [5.74, 6) is 0.697. The van der Waals surface area contributed by atoms with Crippen LogP contribution in [0.1, 0.15) is 25.7 Å². The van der Waals surface area contributed by atoms with Gasteiger partial charge in [0, 0.05) is 23.3 Å². The van der Waals surface area contributed by atoms with Crippen LogP contribution in [0.25, 0.3) is 10.8 Å².